The summed E-state index contributed by atoms with van der Waals surface area (Å²) in [6, 6.07) is 7.37. The van der Waals surface area contributed by atoms with Crippen LogP contribution in [0.4, 0.5) is 0 Å². The van der Waals surface area contributed by atoms with Gasteiger partial charge in [0.2, 0.25) is 5.91 Å². The molecule has 0 bridgehead atoms. The van der Waals surface area contributed by atoms with Crippen molar-refractivity contribution in [2.45, 2.75) is 18.2 Å². The molecule has 1 unspecified atom stereocenters. The van der Waals surface area contributed by atoms with Crippen LogP contribution >= 0.6 is 23.2 Å². The summed E-state index contributed by atoms with van der Waals surface area (Å²) >= 11 is 11.7. The molecule has 1 amide bonds. The standard InChI is InChI=1S/C12H13Cl2NO/c13-10-3-1-9(2-4-10)7-12(16)15-6-5-11(14)8-15/h1-4,11H,5-8H2. The van der Waals surface area contributed by atoms with Gasteiger partial charge in [0, 0.05) is 18.1 Å². The average molecular weight is 258 g/mol. The lowest BCUT2D eigenvalue weighted by molar-refractivity contribution is -0.129. The minimum Gasteiger partial charge on any atom is -0.341 e. The summed E-state index contributed by atoms with van der Waals surface area (Å²) in [5, 5.41) is 0.812. The fourth-order valence-corrected chi connectivity index (χ4v) is 2.22. The van der Waals surface area contributed by atoms with Gasteiger partial charge in [0.15, 0.2) is 0 Å². The molecule has 0 N–H and O–H groups in total. The maximum absolute atomic E-state index is 11.9. The minimum absolute atomic E-state index is 0.120. The van der Waals surface area contributed by atoms with Crippen molar-refractivity contribution in [3.63, 3.8) is 0 Å². The first-order valence-corrected chi connectivity index (χ1v) is 6.13. The number of hydrogen-bond donors (Lipinski definition) is 0. The van der Waals surface area contributed by atoms with Gasteiger partial charge in [0.1, 0.15) is 0 Å². The Morgan fingerprint density at radius 3 is 2.62 bits per heavy atom. The van der Waals surface area contributed by atoms with Crippen LogP contribution in [0, 0.1) is 0 Å². The quantitative estimate of drug-likeness (QED) is 0.747. The summed E-state index contributed by atoms with van der Waals surface area (Å²) in [7, 11) is 0. The number of amides is 1. The number of likely N-dealkylation sites (tertiary alicyclic amines) is 1. The van der Waals surface area contributed by atoms with E-state index in [1.165, 1.54) is 0 Å². The van der Waals surface area contributed by atoms with Gasteiger partial charge in [-0.15, -0.1) is 11.6 Å². The Balaban J connectivity index is 1.94. The molecule has 1 atom stereocenters. The van der Waals surface area contributed by atoms with Gasteiger partial charge >= 0.3 is 0 Å². The molecule has 0 radical (unpaired) electrons. The summed E-state index contributed by atoms with van der Waals surface area (Å²) in [6.45, 7) is 1.45. The highest BCUT2D eigenvalue weighted by molar-refractivity contribution is 6.30. The molecular weight excluding hydrogens is 245 g/mol. The van der Waals surface area contributed by atoms with Crippen molar-refractivity contribution in [1.29, 1.82) is 0 Å². The van der Waals surface area contributed by atoms with Crippen LogP contribution in [-0.2, 0) is 11.2 Å². The normalized spacial score (nSPS) is 20.1. The minimum atomic E-state index is 0.120. The lowest BCUT2D eigenvalue weighted by Crippen LogP contribution is -2.30. The van der Waals surface area contributed by atoms with Crippen LogP contribution in [0.1, 0.15) is 12.0 Å². The molecule has 4 heteroatoms. The molecular formula is C12H13Cl2NO. The fourth-order valence-electron chi connectivity index (χ4n) is 1.83. The van der Waals surface area contributed by atoms with Crippen LogP contribution < -0.4 is 0 Å². The number of benzene rings is 1. The zero-order chi connectivity index (χ0) is 11.5. The highest BCUT2D eigenvalue weighted by Gasteiger charge is 2.24. The van der Waals surface area contributed by atoms with Crippen molar-refractivity contribution in [2.75, 3.05) is 13.1 Å². The predicted octanol–water partition coefficient (Wildman–Crippen LogP) is 2.72. The van der Waals surface area contributed by atoms with E-state index in [0.717, 1.165) is 18.5 Å². The van der Waals surface area contributed by atoms with Crippen LogP contribution in [-0.4, -0.2) is 29.3 Å². The van der Waals surface area contributed by atoms with Crippen LogP contribution in [0.3, 0.4) is 0 Å². The van der Waals surface area contributed by atoms with E-state index in [1.54, 1.807) is 12.1 Å². The summed E-state index contributed by atoms with van der Waals surface area (Å²) in [6.07, 6.45) is 1.33. The van der Waals surface area contributed by atoms with E-state index < -0.39 is 0 Å². The number of halogens is 2. The number of hydrogen-bond acceptors (Lipinski definition) is 1. The van der Waals surface area contributed by atoms with Crippen molar-refractivity contribution in [3.8, 4) is 0 Å². The highest BCUT2D eigenvalue weighted by Crippen LogP contribution is 2.16. The van der Waals surface area contributed by atoms with Crippen molar-refractivity contribution in [2.24, 2.45) is 0 Å². The first-order valence-electron chi connectivity index (χ1n) is 5.31. The maximum atomic E-state index is 11.9. The SMILES string of the molecule is O=C(Cc1ccc(Cl)cc1)N1CCC(Cl)C1. The molecule has 1 aliphatic heterocycles. The third kappa shape index (κ3) is 2.89. The van der Waals surface area contributed by atoms with Gasteiger partial charge in [-0.25, -0.2) is 0 Å². The lowest BCUT2D eigenvalue weighted by Gasteiger charge is -2.15. The predicted molar refractivity (Wildman–Crippen MR) is 66.0 cm³/mol. The van der Waals surface area contributed by atoms with Crippen molar-refractivity contribution in [3.05, 3.63) is 34.9 Å². The molecule has 1 aliphatic rings. The number of nitrogens with zero attached hydrogens (tertiary/aromatic N) is 1. The summed E-state index contributed by atoms with van der Waals surface area (Å²) in [5.41, 5.74) is 0.993. The van der Waals surface area contributed by atoms with Gasteiger partial charge in [-0.3, -0.25) is 4.79 Å². The topological polar surface area (TPSA) is 20.3 Å². The number of rotatable bonds is 2. The first-order chi connectivity index (χ1) is 7.65. The van der Waals surface area contributed by atoms with Crippen LogP contribution in [0.5, 0.6) is 0 Å². The monoisotopic (exact) mass is 257 g/mol. The summed E-state index contributed by atoms with van der Waals surface area (Å²) < 4.78 is 0. The Labute approximate surface area is 105 Å². The van der Waals surface area contributed by atoms with Crippen LogP contribution in [0.2, 0.25) is 5.02 Å². The number of alkyl halides is 1. The maximum Gasteiger partial charge on any atom is 0.227 e. The fraction of sp³-hybridized carbons (Fsp3) is 0.417. The second-order valence-electron chi connectivity index (χ2n) is 4.03. The second kappa shape index (κ2) is 5.07. The molecule has 1 heterocycles. The van der Waals surface area contributed by atoms with E-state index in [1.807, 2.05) is 17.0 Å². The number of carbonyl (C=O) groups excluding carboxylic acids is 1. The van der Waals surface area contributed by atoms with Gasteiger partial charge in [-0.05, 0) is 24.1 Å². The van der Waals surface area contributed by atoms with Gasteiger partial charge < -0.3 is 4.90 Å². The van der Waals surface area contributed by atoms with Crippen molar-refractivity contribution < 1.29 is 4.79 Å². The van der Waals surface area contributed by atoms with Gasteiger partial charge in [-0.1, -0.05) is 23.7 Å². The van der Waals surface area contributed by atoms with Crippen molar-refractivity contribution >= 4 is 29.1 Å². The highest BCUT2D eigenvalue weighted by atomic mass is 35.5. The molecule has 0 saturated carbocycles. The zero-order valence-electron chi connectivity index (χ0n) is 8.83. The van der Waals surface area contributed by atoms with E-state index in [4.69, 9.17) is 23.2 Å². The largest absolute Gasteiger partial charge is 0.341 e. The van der Waals surface area contributed by atoms with E-state index in [-0.39, 0.29) is 11.3 Å². The van der Waals surface area contributed by atoms with Gasteiger partial charge in [0.25, 0.3) is 0 Å². The van der Waals surface area contributed by atoms with Gasteiger partial charge in [0.05, 0.1) is 11.8 Å². The molecule has 1 saturated heterocycles. The second-order valence-corrected chi connectivity index (χ2v) is 5.08. The lowest BCUT2D eigenvalue weighted by atomic mass is 10.1. The Bertz CT molecular complexity index is 377. The molecule has 16 heavy (non-hydrogen) atoms. The molecule has 2 nitrogen and oxygen atoms in total. The van der Waals surface area contributed by atoms with Crippen molar-refractivity contribution in [1.82, 2.24) is 4.90 Å². The Kier molecular flexibility index (Phi) is 3.72. The number of carbonyl (C=O) groups is 1. The average Bonchev–Trinajstić information content (AvgIpc) is 2.68. The van der Waals surface area contributed by atoms with E-state index in [0.29, 0.717) is 18.0 Å². The first kappa shape index (κ1) is 11.7. The third-order valence-corrected chi connectivity index (χ3v) is 3.36. The summed E-state index contributed by atoms with van der Waals surface area (Å²) in [5.74, 6) is 0.144. The summed E-state index contributed by atoms with van der Waals surface area (Å²) in [4.78, 5) is 13.7. The van der Waals surface area contributed by atoms with Crippen LogP contribution in [0.25, 0.3) is 0 Å². The Morgan fingerprint density at radius 1 is 1.38 bits per heavy atom. The Hall–Kier alpha value is -0.730. The smallest absolute Gasteiger partial charge is 0.227 e. The van der Waals surface area contributed by atoms with E-state index >= 15 is 0 Å². The molecule has 1 aromatic carbocycles. The van der Waals surface area contributed by atoms with E-state index in [9.17, 15) is 4.79 Å². The van der Waals surface area contributed by atoms with E-state index in [2.05, 4.69) is 0 Å². The third-order valence-electron chi connectivity index (χ3n) is 2.75. The molecule has 0 aromatic heterocycles. The zero-order valence-corrected chi connectivity index (χ0v) is 10.3. The Morgan fingerprint density at radius 2 is 2.06 bits per heavy atom. The molecule has 1 aromatic rings. The molecule has 86 valence electrons. The molecule has 1 fully saturated rings. The molecule has 0 spiro atoms. The van der Waals surface area contributed by atoms with Gasteiger partial charge in [-0.2, -0.15) is 0 Å². The molecule has 2 rings (SSSR count). The molecule has 0 aliphatic carbocycles. The van der Waals surface area contributed by atoms with Crippen LogP contribution in [0.15, 0.2) is 24.3 Å².